The lowest BCUT2D eigenvalue weighted by molar-refractivity contribution is 1.06. The van der Waals surface area contributed by atoms with Crippen LogP contribution in [0.3, 0.4) is 0 Å². The molecular weight excluding hydrogens is 178 g/mol. The fourth-order valence-electron chi connectivity index (χ4n) is 1.25. The fraction of sp³-hybridized carbons (Fsp3) is 0.222. The summed E-state index contributed by atoms with van der Waals surface area (Å²) in [4.78, 5) is 8.24. The molecule has 0 amide bonds. The third-order valence-corrected chi connectivity index (χ3v) is 1.93. The maximum atomic E-state index is 4.14. The van der Waals surface area contributed by atoms with Crippen LogP contribution in [0.4, 0.5) is 5.82 Å². The summed E-state index contributed by atoms with van der Waals surface area (Å²) in [5, 5.41) is 10.1. The summed E-state index contributed by atoms with van der Waals surface area (Å²) in [5.41, 5.74) is 2.57. The van der Waals surface area contributed by atoms with Crippen LogP contribution in [-0.4, -0.2) is 26.7 Å². The zero-order chi connectivity index (χ0) is 9.97. The van der Waals surface area contributed by atoms with Gasteiger partial charge >= 0.3 is 0 Å². The molecule has 0 spiro atoms. The molecule has 2 N–H and O–H groups in total. The Morgan fingerprint density at radius 1 is 1.50 bits per heavy atom. The van der Waals surface area contributed by atoms with E-state index >= 15 is 0 Å². The Labute approximate surface area is 81.3 Å². The van der Waals surface area contributed by atoms with Crippen LogP contribution in [0.25, 0.3) is 11.0 Å². The molecule has 5 nitrogen and oxygen atoms in total. The Bertz CT molecular complexity index is 459. The van der Waals surface area contributed by atoms with Gasteiger partial charge in [0, 0.05) is 6.54 Å². The summed E-state index contributed by atoms with van der Waals surface area (Å²) >= 11 is 0. The number of H-pyrrole nitrogens is 1. The second-order valence-electron chi connectivity index (χ2n) is 2.94. The standard InChI is InChI=1S/C9H11N5/c1-3-4-10-9-8-7(11-5-12-9)6(2)13-14-8/h3,5H,1,4H2,2H3,(H,13,14)(H,10,11,12). The first-order chi connectivity index (χ1) is 6.83. The summed E-state index contributed by atoms with van der Waals surface area (Å²) in [6.45, 7) is 6.22. The maximum Gasteiger partial charge on any atom is 0.158 e. The van der Waals surface area contributed by atoms with Crippen LogP contribution in [0.15, 0.2) is 19.0 Å². The fourth-order valence-corrected chi connectivity index (χ4v) is 1.25. The van der Waals surface area contributed by atoms with Crippen LogP contribution < -0.4 is 5.32 Å². The van der Waals surface area contributed by atoms with Crippen molar-refractivity contribution in [3.63, 3.8) is 0 Å². The molecule has 2 heterocycles. The highest BCUT2D eigenvalue weighted by atomic mass is 15.2. The molecule has 0 saturated carbocycles. The number of hydrogen-bond donors (Lipinski definition) is 2. The molecule has 0 saturated heterocycles. The SMILES string of the molecule is C=CCNc1ncnc2c(C)[nH]nc12. The van der Waals surface area contributed by atoms with Crippen LogP contribution in [0.5, 0.6) is 0 Å². The molecule has 0 aromatic carbocycles. The van der Waals surface area contributed by atoms with Crippen LogP contribution in [0.1, 0.15) is 5.69 Å². The molecule has 0 aliphatic carbocycles. The Morgan fingerprint density at radius 3 is 3.14 bits per heavy atom. The van der Waals surface area contributed by atoms with Gasteiger partial charge in [0.15, 0.2) is 11.3 Å². The Hall–Kier alpha value is -1.91. The van der Waals surface area contributed by atoms with Crippen molar-refractivity contribution >= 4 is 16.9 Å². The van der Waals surface area contributed by atoms with Crippen LogP contribution in [-0.2, 0) is 0 Å². The van der Waals surface area contributed by atoms with Crippen molar-refractivity contribution in [1.29, 1.82) is 0 Å². The number of aromatic amines is 1. The molecule has 14 heavy (non-hydrogen) atoms. The van der Waals surface area contributed by atoms with E-state index in [9.17, 15) is 0 Å². The van der Waals surface area contributed by atoms with E-state index in [0.29, 0.717) is 6.54 Å². The molecule has 0 radical (unpaired) electrons. The van der Waals surface area contributed by atoms with Crippen molar-refractivity contribution in [3.05, 3.63) is 24.7 Å². The second kappa shape index (κ2) is 3.45. The molecule has 2 aromatic heterocycles. The predicted octanol–water partition coefficient (Wildman–Crippen LogP) is 1.26. The maximum absolute atomic E-state index is 4.14. The molecule has 0 atom stereocenters. The number of hydrogen-bond acceptors (Lipinski definition) is 4. The third kappa shape index (κ3) is 1.32. The highest BCUT2D eigenvalue weighted by Gasteiger charge is 2.07. The van der Waals surface area contributed by atoms with Crippen LogP contribution in [0.2, 0.25) is 0 Å². The lowest BCUT2D eigenvalue weighted by Crippen LogP contribution is -2.01. The summed E-state index contributed by atoms with van der Waals surface area (Å²) < 4.78 is 0. The normalized spacial score (nSPS) is 10.4. The highest BCUT2D eigenvalue weighted by molar-refractivity contribution is 5.86. The van der Waals surface area contributed by atoms with Gasteiger partial charge in [-0.2, -0.15) is 5.10 Å². The minimum Gasteiger partial charge on any atom is -0.365 e. The molecule has 72 valence electrons. The number of nitrogens with zero attached hydrogens (tertiary/aromatic N) is 3. The summed E-state index contributed by atoms with van der Waals surface area (Å²) in [5.74, 6) is 0.735. The van der Waals surface area contributed by atoms with E-state index in [1.54, 1.807) is 6.08 Å². The first-order valence-corrected chi connectivity index (χ1v) is 4.33. The average molecular weight is 189 g/mol. The summed E-state index contributed by atoms with van der Waals surface area (Å²) in [6, 6.07) is 0. The minimum absolute atomic E-state index is 0.665. The summed E-state index contributed by atoms with van der Waals surface area (Å²) in [7, 11) is 0. The van der Waals surface area contributed by atoms with E-state index in [1.807, 2.05) is 6.92 Å². The van der Waals surface area contributed by atoms with E-state index < -0.39 is 0 Å². The molecule has 0 fully saturated rings. The van der Waals surface area contributed by atoms with Crippen molar-refractivity contribution in [2.75, 3.05) is 11.9 Å². The van der Waals surface area contributed by atoms with E-state index in [2.05, 4.69) is 32.1 Å². The number of nitrogens with one attached hydrogen (secondary N) is 2. The number of rotatable bonds is 3. The van der Waals surface area contributed by atoms with E-state index in [1.165, 1.54) is 6.33 Å². The molecule has 0 bridgehead atoms. The minimum atomic E-state index is 0.665. The van der Waals surface area contributed by atoms with Gasteiger partial charge in [-0.3, -0.25) is 5.10 Å². The van der Waals surface area contributed by atoms with Gasteiger partial charge in [-0.1, -0.05) is 6.08 Å². The Kier molecular flexibility index (Phi) is 2.14. The Balaban J connectivity index is 2.48. The van der Waals surface area contributed by atoms with Crippen molar-refractivity contribution in [3.8, 4) is 0 Å². The Morgan fingerprint density at radius 2 is 2.36 bits per heavy atom. The first-order valence-electron chi connectivity index (χ1n) is 4.33. The highest BCUT2D eigenvalue weighted by Crippen LogP contribution is 2.17. The molecule has 2 rings (SSSR count). The molecule has 2 aromatic rings. The van der Waals surface area contributed by atoms with Gasteiger partial charge in [0.05, 0.1) is 5.69 Å². The average Bonchev–Trinajstić information content (AvgIpc) is 2.58. The van der Waals surface area contributed by atoms with Crippen LogP contribution in [0, 0.1) is 6.92 Å². The smallest absolute Gasteiger partial charge is 0.158 e. The van der Waals surface area contributed by atoms with Crippen molar-refractivity contribution in [2.24, 2.45) is 0 Å². The number of fused-ring (bicyclic) bond motifs is 1. The van der Waals surface area contributed by atoms with Crippen molar-refractivity contribution < 1.29 is 0 Å². The van der Waals surface area contributed by atoms with E-state index in [4.69, 9.17) is 0 Å². The van der Waals surface area contributed by atoms with Gasteiger partial charge in [0.25, 0.3) is 0 Å². The number of aryl methyl sites for hydroxylation is 1. The van der Waals surface area contributed by atoms with Gasteiger partial charge in [-0.25, -0.2) is 9.97 Å². The van der Waals surface area contributed by atoms with Gasteiger partial charge in [-0.15, -0.1) is 6.58 Å². The second-order valence-corrected chi connectivity index (χ2v) is 2.94. The van der Waals surface area contributed by atoms with E-state index in [-0.39, 0.29) is 0 Å². The quantitative estimate of drug-likeness (QED) is 0.713. The molecule has 0 unspecified atom stereocenters. The zero-order valence-electron chi connectivity index (χ0n) is 7.91. The molecule has 0 aliphatic rings. The van der Waals surface area contributed by atoms with Crippen LogP contribution >= 0.6 is 0 Å². The molecule has 5 heteroatoms. The molecular formula is C9H11N5. The van der Waals surface area contributed by atoms with Crippen molar-refractivity contribution in [2.45, 2.75) is 6.92 Å². The van der Waals surface area contributed by atoms with Gasteiger partial charge in [-0.05, 0) is 6.92 Å². The first kappa shape index (κ1) is 8.68. The zero-order valence-corrected chi connectivity index (χ0v) is 7.91. The van der Waals surface area contributed by atoms with E-state index in [0.717, 1.165) is 22.5 Å². The predicted molar refractivity (Wildman–Crippen MR) is 55.1 cm³/mol. The number of anilines is 1. The van der Waals surface area contributed by atoms with Gasteiger partial charge in [0.1, 0.15) is 11.8 Å². The summed E-state index contributed by atoms with van der Waals surface area (Å²) in [6.07, 6.45) is 3.30. The lowest BCUT2D eigenvalue weighted by atomic mass is 10.3. The van der Waals surface area contributed by atoms with Gasteiger partial charge < -0.3 is 5.32 Å². The van der Waals surface area contributed by atoms with Gasteiger partial charge in [0.2, 0.25) is 0 Å². The number of aromatic nitrogens is 4. The van der Waals surface area contributed by atoms with Crippen molar-refractivity contribution in [1.82, 2.24) is 20.2 Å². The lowest BCUT2D eigenvalue weighted by Gasteiger charge is -2.01. The largest absolute Gasteiger partial charge is 0.365 e. The molecule has 0 aliphatic heterocycles. The monoisotopic (exact) mass is 189 g/mol. The topological polar surface area (TPSA) is 66.5 Å². The third-order valence-electron chi connectivity index (χ3n) is 1.93.